The molecule has 7 heteroatoms. The van der Waals surface area contributed by atoms with E-state index in [4.69, 9.17) is 21.7 Å². The van der Waals surface area contributed by atoms with E-state index < -0.39 is 0 Å². The summed E-state index contributed by atoms with van der Waals surface area (Å²) in [5, 5.41) is 7.48. The Morgan fingerprint density at radius 3 is 2.91 bits per heavy atom. The van der Waals surface area contributed by atoms with E-state index in [1.807, 2.05) is 31.2 Å². The third kappa shape index (κ3) is 4.93. The van der Waals surface area contributed by atoms with Crippen molar-refractivity contribution in [2.24, 2.45) is 5.10 Å². The van der Waals surface area contributed by atoms with Crippen molar-refractivity contribution in [2.75, 3.05) is 19.0 Å². The average molecular weight is 330 g/mol. The first kappa shape index (κ1) is 16.7. The highest BCUT2D eigenvalue weighted by Crippen LogP contribution is 2.23. The minimum absolute atomic E-state index is 0.358. The Bertz CT molecular complexity index is 691. The Kier molecular flexibility index (Phi) is 6.31. The molecule has 120 valence electrons. The van der Waals surface area contributed by atoms with E-state index in [0.717, 1.165) is 17.0 Å². The van der Waals surface area contributed by atoms with Gasteiger partial charge >= 0.3 is 0 Å². The average Bonchev–Trinajstić information content (AvgIpc) is 2.57. The lowest BCUT2D eigenvalue weighted by Gasteiger charge is -2.12. The Morgan fingerprint density at radius 2 is 2.13 bits per heavy atom. The highest BCUT2D eigenvalue weighted by molar-refractivity contribution is 7.80. The third-order valence-electron chi connectivity index (χ3n) is 2.83. The number of rotatable bonds is 6. The van der Waals surface area contributed by atoms with E-state index in [1.54, 1.807) is 31.8 Å². The first-order valence-electron chi connectivity index (χ1n) is 7.04. The van der Waals surface area contributed by atoms with Crippen LogP contribution in [0.5, 0.6) is 11.5 Å². The number of aromatic nitrogens is 1. The van der Waals surface area contributed by atoms with Crippen molar-refractivity contribution in [3.63, 3.8) is 0 Å². The van der Waals surface area contributed by atoms with Crippen molar-refractivity contribution in [1.82, 2.24) is 10.4 Å². The standard InChI is InChI=1S/C16H18N4O2S/c1-3-22-15-7-5-4-6-13(15)19-16(23)20-18-11-12-10-17-9-8-14(12)21-2/h4-11H,3H2,1-2H3,(H2,19,20,23)/b18-11+. The maximum absolute atomic E-state index is 5.53. The van der Waals surface area contributed by atoms with Crippen LogP contribution in [0.4, 0.5) is 5.69 Å². The van der Waals surface area contributed by atoms with Crippen molar-refractivity contribution in [3.8, 4) is 11.5 Å². The molecule has 2 N–H and O–H groups in total. The number of para-hydroxylation sites is 2. The lowest BCUT2D eigenvalue weighted by atomic mass is 10.3. The van der Waals surface area contributed by atoms with Gasteiger partial charge in [0.15, 0.2) is 5.11 Å². The fraction of sp³-hybridized carbons (Fsp3) is 0.188. The second-order valence-electron chi connectivity index (χ2n) is 4.37. The van der Waals surface area contributed by atoms with Crippen LogP contribution in [-0.2, 0) is 0 Å². The monoisotopic (exact) mass is 330 g/mol. The Balaban J connectivity index is 1.96. The molecule has 0 unspecified atom stereocenters. The van der Waals surface area contributed by atoms with Gasteiger partial charge in [-0.25, -0.2) is 0 Å². The molecular formula is C16H18N4O2S. The van der Waals surface area contributed by atoms with Gasteiger partial charge in [0.2, 0.25) is 0 Å². The van der Waals surface area contributed by atoms with Gasteiger partial charge in [0.25, 0.3) is 0 Å². The van der Waals surface area contributed by atoms with Gasteiger partial charge in [0.05, 0.1) is 31.2 Å². The summed E-state index contributed by atoms with van der Waals surface area (Å²) in [4.78, 5) is 4.03. The molecule has 0 saturated heterocycles. The summed E-state index contributed by atoms with van der Waals surface area (Å²) in [6.07, 6.45) is 4.90. The first-order chi connectivity index (χ1) is 11.2. The molecule has 1 aromatic carbocycles. The Hall–Kier alpha value is -2.67. The van der Waals surface area contributed by atoms with Crippen molar-refractivity contribution >= 4 is 29.2 Å². The first-order valence-corrected chi connectivity index (χ1v) is 7.45. The summed E-state index contributed by atoms with van der Waals surface area (Å²) >= 11 is 5.22. The maximum atomic E-state index is 5.53. The molecule has 1 aromatic heterocycles. The van der Waals surface area contributed by atoms with Crippen LogP contribution in [0.15, 0.2) is 47.8 Å². The summed E-state index contributed by atoms with van der Waals surface area (Å²) in [6, 6.07) is 9.32. The van der Waals surface area contributed by atoms with Crippen molar-refractivity contribution in [2.45, 2.75) is 6.92 Å². The van der Waals surface area contributed by atoms with Crippen LogP contribution in [-0.4, -0.2) is 30.0 Å². The quantitative estimate of drug-likeness (QED) is 0.482. The molecule has 0 atom stereocenters. The molecular weight excluding hydrogens is 312 g/mol. The molecule has 0 aliphatic heterocycles. The summed E-state index contributed by atoms with van der Waals surface area (Å²) in [5.41, 5.74) is 4.28. The third-order valence-corrected chi connectivity index (χ3v) is 3.03. The summed E-state index contributed by atoms with van der Waals surface area (Å²) in [7, 11) is 1.59. The lowest BCUT2D eigenvalue weighted by Crippen LogP contribution is -2.24. The molecule has 2 aromatic rings. The number of hydrogen-bond donors (Lipinski definition) is 2. The number of methoxy groups -OCH3 is 1. The van der Waals surface area contributed by atoms with E-state index in [1.165, 1.54) is 0 Å². The Labute approximate surface area is 140 Å². The minimum atomic E-state index is 0.358. The normalized spacial score (nSPS) is 10.3. The molecule has 0 spiro atoms. The molecule has 0 aliphatic rings. The molecule has 0 aliphatic carbocycles. The predicted molar refractivity (Wildman–Crippen MR) is 95.4 cm³/mol. The van der Waals surface area contributed by atoms with Crippen LogP contribution >= 0.6 is 12.2 Å². The van der Waals surface area contributed by atoms with Crippen LogP contribution < -0.4 is 20.2 Å². The molecule has 23 heavy (non-hydrogen) atoms. The zero-order valence-electron chi connectivity index (χ0n) is 12.9. The van der Waals surface area contributed by atoms with Crippen molar-refractivity contribution in [3.05, 3.63) is 48.3 Å². The van der Waals surface area contributed by atoms with Gasteiger partial charge in [-0.2, -0.15) is 5.10 Å². The smallest absolute Gasteiger partial charge is 0.191 e. The van der Waals surface area contributed by atoms with Gasteiger partial charge < -0.3 is 14.8 Å². The van der Waals surface area contributed by atoms with Crippen molar-refractivity contribution in [1.29, 1.82) is 0 Å². The summed E-state index contributed by atoms with van der Waals surface area (Å²) < 4.78 is 10.7. The number of benzene rings is 1. The number of anilines is 1. The molecule has 1 heterocycles. The van der Waals surface area contributed by atoms with E-state index in [0.29, 0.717) is 17.5 Å². The Morgan fingerprint density at radius 1 is 1.30 bits per heavy atom. The number of nitrogens with one attached hydrogen (secondary N) is 2. The molecule has 0 amide bonds. The number of pyridine rings is 1. The topological polar surface area (TPSA) is 67.8 Å². The highest BCUT2D eigenvalue weighted by Gasteiger charge is 2.04. The van der Waals surface area contributed by atoms with Gasteiger partial charge in [0, 0.05) is 12.4 Å². The zero-order chi connectivity index (χ0) is 16.5. The fourth-order valence-electron chi connectivity index (χ4n) is 1.84. The maximum Gasteiger partial charge on any atom is 0.191 e. The molecule has 0 bridgehead atoms. The van der Waals surface area contributed by atoms with E-state index in [9.17, 15) is 0 Å². The van der Waals surface area contributed by atoms with Gasteiger partial charge in [-0.1, -0.05) is 12.1 Å². The number of ether oxygens (including phenoxy) is 2. The molecule has 0 saturated carbocycles. The van der Waals surface area contributed by atoms with E-state index in [2.05, 4.69) is 20.8 Å². The van der Waals surface area contributed by atoms with Crippen LogP contribution in [0, 0.1) is 0 Å². The van der Waals surface area contributed by atoms with E-state index in [-0.39, 0.29) is 0 Å². The molecule has 6 nitrogen and oxygen atoms in total. The van der Waals surface area contributed by atoms with Crippen LogP contribution in [0.3, 0.4) is 0 Å². The SMILES string of the molecule is CCOc1ccccc1NC(=S)N/N=C/c1cnccc1OC. The fourth-order valence-corrected chi connectivity index (χ4v) is 2.00. The zero-order valence-corrected chi connectivity index (χ0v) is 13.8. The molecule has 0 radical (unpaired) electrons. The van der Waals surface area contributed by atoms with Crippen molar-refractivity contribution < 1.29 is 9.47 Å². The predicted octanol–water partition coefficient (Wildman–Crippen LogP) is 2.81. The minimum Gasteiger partial charge on any atom is -0.496 e. The largest absolute Gasteiger partial charge is 0.496 e. The number of hydrogen-bond acceptors (Lipinski definition) is 5. The number of hydrazone groups is 1. The van der Waals surface area contributed by atoms with Crippen LogP contribution in [0.25, 0.3) is 0 Å². The van der Waals surface area contributed by atoms with Gasteiger partial charge in [-0.3, -0.25) is 10.4 Å². The highest BCUT2D eigenvalue weighted by atomic mass is 32.1. The van der Waals surface area contributed by atoms with Gasteiger partial charge in [-0.05, 0) is 37.3 Å². The number of nitrogens with zero attached hydrogens (tertiary/aromatic N) is 2. The second-order valence-corrected chi connectivity index (χ2v) is 4.78. The molecule has 2 rings (SSSR count). The van der Waals surface area contributed by atoms with Gasteiger partial charge in [0.1, 0.15) is 11.5 Å². The van der Waals surface area contributed by atoms with Gasteiger partial charge in [-0.15, -0.1) is 0 Å². The lowest BCUT2D eigenvalue weighted by molar-refractivity contribution is 0.342. The van der Waals surface area contributed by atoms with Crippen LogP contribution in [0.1, 0.15) is 12.5 Å². The summed E-state index contributed by atoms with van der Waals surface area (Å²) in [5.74, 6) is 1.42. The summed E-state index contributed by atoms with van der Waals surface area (Å²) in [6.45, 7) is 2.51. The number of thiocarbonyl (C=S) groups is 1. The molecule has 0 fully saturated rings. The second kappa shape index (κ2) is 8.70. The van der Waals surface area contributed by atoms with Crippen LogP contribution in [0.2, 0.25) is 0 Å². The van der Waals surface area contributed by atoms with E-state index >= 15 is 0 Å².